The molecule has 2 nitrogen and oxygen atoms in total. The van der Waals surface area contributed by atoms with E-state index in [1.807, 2.05) is 13.8 Å². The van der Waals surface area contributed by atoms with E-state index in [1.165, 1.54) is 0 Å². The van der Waals surface area contributed by atoms with E-state index in [-0.39, 0.29) is 5.79 Å². The van der Waals surface area contributed by atoms with Crippen molar-refractivity contribution in [3.63, 3.8) is 0 Å². The van der Waals surface area contributed by atoms with Crippen molar-refractivity contribution in [1.29, 1.82) is 0 Å². The molecule has 1 saturated heterocycles. The molecule has 0 aromatic carbocycles. The molecule has 0 bridgehead atoms. The van der Waals surface area contributed by atoms with Gasteiger partial charge in [0.25, 0.3) is 0 Å². The maximum absolute atomic E-state index is 5.43. The fourth-order valence-electron chi connectivity index (χ4n) is 1.21. The number of rotatable bonds is 3. The largest absolute Gasteiger partial charge is 0.348 e. The van der Waals surface area contributed by atoms with Gasteiger partial charge in [-0.25, -0.2) is 0 Å². The van der Waals surface area contributed by atoms with Crippen LogP contribution in [0.5, 0.6) is 0 Å². The van der Waals surface area contributed by atoms with Gasteiger partial charge in [0.1, 0.15) is 0 Å². The van der Waals surface area contributed by atoms with E-state index in [0.717, 1.165) is 26.1 Å². The summed E-state index contributed by atoms with van der Waals surface area (Å²) in [6.07, 6.45) is 6.18. The Bertz CT molecular complexity index is 134. The summed E-state index contributed by atoms with van der Waals surface area (Å²) in [5.74, 6) is -0.306. The van der Waals surface area contributed by atoms with Crippen molar-refractivity contribution in [1.82, 2.24) is 0 Å². The van der Waals surface area contributed by atoms with Gasteiger partial charge in [-0.3, -0.25) is 0 Å². The minimum atomic E-state index is -0.306. The summed E-state index contributed by atoms with van der Waals surface area (Å²) in [6, 6.07) is 0. The highest BCUT2D eigenvalue weighted by atomic mass is 16.7. The molecule has 0 aliphatic carbocycles. The standard InChI is InChI=1S/C9H16O2/c1-3-4-5-6-9(2)10-7-8-11-9/h3-4H,5-8H2,1-2H3/b4-3-. The van der Waals surface area contributed by atoms with Crippen molar-refractivity contribution in [2.24, 2.45) is 0 Å². The zero-order valence-electron chi connectivity index (χ0n) is 7.30. The summed E-state index contributed by atoms with van der Waals surface area (Å²) >= 11 is 0. The SMILES string of the molecule is C/C=C\CCC1(C)OCCO1. The lowest BCUT2D eigenvalue weighted by atomic mass is 10.1. The molecule has 1 aliphatic heterocycles. The van der Waals surface area contributed by atoms with Gasteiger partial charge in [0, 0.05) is 6.42 Å². The van der Waals surface area contributed by atoms with E-state index in [4.69, 9.17) is 9.47 Å². The smallest absolute Gasteiger partial charge is 0.166 e. The molecule has 0 saturated carbocycles. The Labute approximate surface area is 68.2 Å². The van der Waals surface area contributed by atoms with Crippen molar-refractivity contribution >= 4 is 0 Å². The molecule has 1 heterocycles. The fraction of sp³-hybridized carbons (Fsp3) is 0.778. The first-order valence-electron chi connectivity index (χ1n) is 4.16. The molecule has 0 aromatic heterocycles. The summed E-state index contributed by atoms with van der Waals surface area (Å²) in [6.45, 7) is 5.51. The third kappa shape index (κ3) is 2.64. The van der Waals surface area contributed by atoms with E-state index in [9.17, 15) is 0 Å². The summed E-state index contributed by atoms with van der Waals surface area (Å²) in [5, 5.41) is 0. The molecule has 0 aromatic rings. The van der Waals surface area contributed by atoms with E-state index in [0.29, 0.717) is 0 Å². The predicted molar refractivity (Wildman–Crippen MR) is 44.4 cm³/mol. The number of allylic oxidation sites excluding steroid dienone is 2. The molecular weight excluding hydrogens is 140 g/mol. The second-order valence-corrected chi connectivity index (χ2v) is 2.94. The Kier molecular flexibility index (Phi) is 3.09. The second kappa shape index (κ2) is 3.88. The van der Waals surface area contributed by atoms with Gasteiger partial charge >= 0.3 is 0 Å². The predicted octanol–water partition coefficient (Wildman–Crippen LogP) is 2.11. The number of hydrogen-bond acceptors (Lipinski definition) is 2. The van der Waals surface area contributed by atoms with Crippen LogP contribution in [0.15, 0.2) is 12.2 Å². The molecule has 0 unspecified atom stereocenters. The van der Waals surface area contributed by atoms with E-state index in [2.05, 4.69) is 12.2 Å². The topological polar surface area (TPSA) is 18.5 Å². The lowest BCUT2D eigenvalue weighted by Gasteiger charge is -2.20. The van der Waals surface area contributed by atoms with E-state index >= 15 is 0 Å². The van der Waals surface area contributed by atoms with Gasteiger partial charge in [-0.05, 0) is 20.3 Å². The molecule has 1 rings (SSSR count). The molecule has 0 N–H and O–H groups in total. The van der Waals surface area contributed by atoms with Crippen molar-refractivity contribution in [3.05, 3.63) is 12.2 Å². The van der Waals surface area contributed by atoms with Gasteiger partial charge in [0.2, 0.25) is 0 Å². The van der Waals surface area contributed by atoms with Crippen LogP contribution in [0.25, 0.3) is 0 Å². The lowest BCUT2D eigenvalue weighted by Crippen LogP contribution is -2.24. The third-order valence-electron chi connectivity index (χ3n) is 1.90. The minimum absolute atomic E-state index is 0.306. The zero-order chi connectivity index (χ0) is 8.16. The average Bonchev–Trinajstić information content (AvgIpc) is 2.38. The van der Waals surface area contributed by atoms with Crippen LogP contribution >= 0.6 is 0 Å². The van der Waals surface area contributed by atoms with Gasteiger partial charge in [-0.15, -0.1) is 0 Å². The van der Waals surface area contributed by atoms with E-state index < -0.39 is 0 Å². The maximum atomic E-state index is 5.43. The number of hydrogen-bond donors (Lipinski definition) is 0. The summed E-state index contributed by atoms with van der Waals surface area (Å²) in [4.78, 5) is 0. The van der Waals surface area contributed by atoms with Crippen molar-refractivity contribution in [2.75, 3.05) is 13.2 Å². The first-order chi connectivity index (χ1) is 5.27. The molecule has 2 heteroatoms. The molecule has 0 amide bonds. The highest BCUT2D eigenvalue weighted by Crippen LogP contribution is 2.23. The van der Waals surface area contributed by atoms with Crippen LogP contribution in [0.4, 0.5) is 0 Å². The number of ether oxygens (including phenoxy) is 2. The Morgan fingerprint density at radius 2 is 2.00 bits per heavy atom. The molecule has 0 atom stereocenters. The zero-order valence-corrected chi connectivity index (χ0v) is 7.30. The normalized spacial score (nSPS) is 23.1. The van der Waals surface area contributed by atoms with Gasteiger partial charge in [0.05, 0.1) is 13.2 Å². The van der Waals surface area contributed by atoms with Crippen molar-refractivity contribution in [3.8, 4) is 0 Å². The summed E-state index contributed by atoms with van der Waals surface area (Å²) in [5.41, 5.74) is 0. The highest BCUT2D eigenvalue weighted by Gasteiger charge is 2.29. The lowest BCUT2D eigenvalue weighted by molar-refractivity contribution is -0.145. The molecule has 64 valence electrons. The van der Waals surface area contributed by atoms with Crippen LogP contribution in [0.3, 0.4) is 0 Å². The van der Waals surface area contributed by atoms with Gasteiger partial charge in [-0.1, -0.05) is 12.2 Å². The average molecular weight is 156 g/mol. The van der Waals surface area contributed by atoms with Crippen LogP contribution < -0.4 is 0 Å². The quantitative estimate of drug-likeness (QED) is 0.582. The van der Waals surface area contributed by atoms with Crippen LogP contribution in [0, 0.1) is 0 Å². The second-order valence-electron chi connectivity index (χ2n) is 2.94. The third-order valence-corrected chi connectivity index (χ3v) is 1.90. The first-order valence-corrected chi connectivity index (χ1v) is 4.16. The van der Waals surface area contributed by atoms with Crippen LogP contribution in [-0.4, -0.2) is 19.0 Å². The highest BCUT2D eigenvalue weighted by molar-refractivity contribution is 4.80. The molecular formula is C9H16O2. The Morgan fingerprint density at radius 1 is 1.36 bits per heavy atom. The molecule has 11 heavy (non-hydrogen) atoms. The summed E-state index contributed by atoms with van der Waals surface area (Å²) in [7, 11) is 0. The molecule has 0 radical (unpaired) electrons. The van der Waals surface area contributed by atoms with E-state index in [1.54, 1.807) is 0 Å². The Morgan fingerprint density at radius 3 is 2.55 bits per heavy atom. The van der Waals surface area contributed by atoms with Crippen LogP contribution in [0.1, 0.15) is 26.7 Å². The fourth-order valence-corrected chi connectivity index (χ4v) is 1.21. The minimum Gasteiger partial charge on any atom is -0.348 e. The van der Waals surface area contributed by atoms with Crippen LogP contribution in [-0.2, 0) is 9.47 Å². The Balaban J connectivity index is 2.23. The Hall–Kier alpha value is -0.340. The van der Waals surface area contributed by atoms with Crippen molar-refractivity contribution < 1.29 is 9.47 Å². The molecule has 1 fully saturated rings. The molecule has 0 spiro atoms. The first kappa shape index (κ1) is 8.75. The van der Waals surface area contributed by atoms with Gasteiger partial charge in [-0.2, -0.15) is 0 Å². The van der Waals surface area contributed by atoms with Crippen LogP contribution in [0.2, 0.25) is 0 Å². The summed E-state index contributed by atoms with van der Waals surface area (Å²) < 4.78 is 10.9. The van der Waals surface area contributed by atoms with Crippen molar-refractivity contribution in [2.45, 2.75) is 32.5 Å². The van der Waals surface area contributed by atoms with Gasteiger partial charge in [0.15, 0.2) is 5.79 Å². The molecule has 1 aliphatic rings. The monoisotopic (exact) mass is 156 g/mol. The maximum Gasteiger partial charge on any atom is 0.166 e. The van der Waals surface area contributed by atoms with Gasteiger partial charge < -0.3 is 9.47 Å².